The van der Waals surface area contributed by atoms with Gasteiger partial charge in [-0.3, -0.25) is 4.99 Å². The zero-order valence-electron chi connectivity index (χ0n) is 10.8. The second-order valence-corrected chi connectivity index (χ2v) is 5.70. The van der Waals surface area contributed by atoms with E-state index in [2.05, 4.69) is 34.4 Å². The lowest BCUT2D eigenvalue weighted by Gasteiger charge is -2.21. The molecule has 2 heterocycles. The van der Waals surface area contributed by atoms with E-state index >= 15 is 0 Å². The monoisotopic (exact) mass is 253 g/mol. The van der Waals surface area contributed by atoms with Gasteiger partial charge in [0.05, 0.1) is 0 Å². The maximum absolute atomic E-state index is 4.67. The molecule has 1 aromatic rings. The first-order valence-electron chi connectivity index (χ1n) is 5.87. The van der Waals surface area contributed by atoms with Crippen molar-refractivity contribution >= 4 is 16.9 Å². The summed E-state index contributed by atoms with van der Waals surface area (Å²) >= 11 is 1.79. The Hall–Kier alpha value is -1.04. The molecule has 1 saturated heterocycles. The first-order chi connectivity index (χ1) is 8.04. The predicted octanol–water partition coefficient (Wildman–Crippen LogP) is 1.74. The fraction of sp³-hybridized carbons (Fsp3) is 0.727. The number of rotatable bonds is 3. The Morgan fingerprint density at radius 1 is 1.71 bits per heavy atom. The molecule has 0 saturated carbocycles. The summed E-state index contributed by atoms with van der Waals surface area (Å²) in [6.45, 7) is 6.47. The fourth-order valence-electron chi connectivity index (χ4n) is 1.72. The molecule has 1 aromatic heterocycles. The van der Waals surface area contributed by atoms with E-state index in [1.807, 2.05) is 18.5 Å². The van der Waals surface area contributed by atoms with Crippen molar-refractivity contribution in [3.8, 4) is 0 Å². The van der Waals surface area contributed by atoms with E-state index in [1.54, 1.807) is 18.1 Å². The third kappa shape index (κ3) is 2.62. The summed E-state index contributed by atoms with van der Waals surface area (Å²) in [5.74, 6) is 1.97. The Labute approximate surface area is 106 Å². The van der Waals surface area contributed by atoms with Crippen LogP contribution >= 0.6 is 11.8 Å². The highest BCUT2D eigenvalue weighted by Gasteiger charge is 2.31. The number of nitrogens with one attached hydrogen (secondary N) is 1. The van der Waals surface area contributed by atoms with Crippen molar-refractivity contribution in [2.24, 2.45) is 12.0 Å². The molecule has 6 heteroatoms. The molecule has 17 heavy (non-hydrogen) atoms. The van der Waals surface area contributed by atoms with Crippen molar-refractivity contribution in [1.82, 2.24) is 20.1 Å². The van der Waals surface area contributed by atoms with Crippen LogP contribution in [0.1, 0.15) is 39.1 Å². The second kappa shape index (κ2) is 4.68. The smallest absolute Gasteiger partial charge is 0.157 e. The summed E-state index contributed by atoms with van der Waals surface area (Å²) in [5.41, 5.74) is 0.184. The van der Waals surface area contributed by atoms with E-state index in [0.717, 1.165) is 23.2 Å². The SMILES string of the molecule is CCC1(C)CSC(=NC(C)c2nncn2C)N1. The molecule has 1 aliphatic heterocycles. The third-order valence-electron chi connectivity index (χ3n) is 3.15. The van der Waals surface area contributed by atoms with Crippen LogP contribution in [0.3, 0.4) is 0 Å². The number of hydrogen-bond acceptors (Lipinski definition) is 4. The van der Waals surface area contributed by atoms with Crippen molar-refractivity contribution < 1.29 is 0 Å². The van der Waals surface area contributed by atoms with Gasteiger partial charge in [0.15, 0.2) is 11.0 Å². The van der Waals surface area contributed by atoms with Gasteiger partial charge >= 0.3 is 0 Å². The van der Waals surface area contributed by atoms with Crippen LogP contribution in [0.5, 0.6) is 0 Å². The van der Waals surface area contributed by atoms with Gasteiger partial charge in [0.2, 0.25) is 0 Å². The molecule has 0 aromatic carbocycles. The zero-order valence-corrected chi connectivity index (χ0v) is 11.6. The molecule has 0 radical (unpaired) electrons. The minimum absolute atomic E-state index is 0.0386. The highest BCUT2D eigenvalue weighted by molar-refractivity contribution is 8.14. The van der Waals surface area contributed by atoms with E-state index in [1.165, 1.54) is 0 Å². The van der Waals surface area contributed by atoms with Gasteiger partial charge in [-0.05, 0) is 20.3 Å². The van der Waals surface area contributed by atoms with Crippen molar-refractivity contribution in [3.63, 3.8) is 0 Å². The Balaban J connectivity index is 2.09. The normalized spacial score (nSPS) is 28.4. The van der Waals surface area contributed by atoms with E-state index in [4.69, 9.17) is 0 Å². The van der Waals surface area contributed by atoms with E-state index in [-0.39, 0.29) is 11.6 Å². The van der Waals surface area contributed by atoms with Gasteiger partial charge in [0.25, 0.3) is 0 Å². The highest BCUT2D eigenvalue weighted by atomic mass is 32.2. The van der Waals surface area contributed by atoms with Crippen LogP contribution in [-0.4, -0.2) is 31.2 Å². The molecular formula is C11H19N5S. The van der Waals surface area contributed by atoms with Gasteiger partial charge in [-0.1, -0.05) is 18.7 Å². The average Bonchev–Trinajstić information content (AvgIpc) is 2.86. The summed E-state index contributed by atoms with van der Waals surface area (Å²) in [6, 6.07) is 0.0386. The van der Waals surface area contributed by atoms with Crippen LogP contribution in [-0.2, 0) is 7.05 Å². The van der Waals surface area contributed by atoms with Gasteiger partial charge in [0.1, 0.15) is 12.4 Å². The van der Waals surface area contributed by atoms with Crippen molar-refractivity contribution in [2.75, 3.05) is 5.75 Å². The lowest BCUT2D eigenvalue weighted by molar-refractivity contribution is 0.465. The van der Waals surface area contributed by atoms with Crippen LogP contribution in [0.4, 0.5) is 0 Å². The number of thioether (sulfide) groups is 1. The van der Waals surface area contributed by atoms with Gasteiger partial charge in [-0.25, -0.2) is 0 Å². The standard InChI is InChI=1S/C11H19N5S/c1-5-11(3)6-17-10(14-11)13-8(2)9-15-12-7-16(9)4/h7-8H,5-6H2,1-4H3,(H,13,14). The molecule has 0 bridgehead atoms. The van der Waals surface area contributed by atoms with Crippen LogP contribution in [0.15, 0.2) is 11.3 Å². The van der Waals surface area contributed by atoms with Gasteiger partial charge in [-0.15, -0.1) is 10.2 Å². The molecule has 1 aliphatic rings. The molecule has 1 N–H and O–H groups in total. The topological polar surface area (TPSA) is 55.1 Å². The maximum Gasteiger partial charge on any atom is 0.157 e. The second-order valence-electron chi connectivity index (χ2n) is 4.74. The Kier molecular flexibility index (Phi) is 3.42. The molecule has 94 valence electrons. The van der Waals surface area contributed by atoms with E-state index in [9.17, 15) is 0 Å². The average molecular weight is 253 g/mol. The number of aromatic nitrogens is 3. The van der Waals surface area contributed by atoms with Crippen LogP contribution in [0.25, 0.3) is 0 Å². The van der Waals surface area contributed by atoms with Gasteiger partial charge in [-0.2, -0.15) is 0 Å². The van der Waals surface area contributed by atoms with Crippen LogP contribution in [0.2, 0.25) is 0 Å². The summed E-state index contributed by atoms with van der Waals surface area (Å²) in [5, 5.41) is 12.5. The molecule has 2 rings (SSSR count). The van der Waals surface area contributed by atoms with Gasteiger partial charge < -0.3 is 9.88 Å². The van der Waals surface area contributed by atoms with Gasteiger partial charge in [0, 0.05) is 18.3 Å². The first-order valence-corrected chi connectivity index (χ1v) is 6.85. The van der Waals surface area contributed by atoms with Crippen molar-refractivity contribution in [3.05, 3.63) is 12.2 Å². The maximum atomic E-state index is 4.67. The number of hydrogen-bond donors (Lipinski definition) is 1. The summed E-state index contributed by atoms with van der Waals surface area (Å²) in [6.07, 6.45) is 2.81. The molecule has 2 unspecified atom stereocenters. The molecule has 0 spiro atoms. The molecule has 1 fully saturated rings. The minimum Gasteiger partial charge on any atom is -0.359 e. The summed E-state index contributed by atoms with van der Waals surface area (Å²) in [4.78, 5) is 4.67. The number of aryl methyl sites for hydroxylation is 1. The van der Waals surface area contributed by atoms with Crippen LogP contribution in [0, 0.1) is 0 Å². The lowest BCUT2D eigenvalue weighted by Crippen LogP contribution is -2.39. The fourth-order valence-corrected chi connectivity index (χ4v) is 3.00. The summed E-state index contributed by atoms with van der Waals surface area (Å²) in [7, 11) is 1.94. The lowest BCUT2D eigenvalue weighted by atomic mass is 10.0. The zero-order chi connectivity index (χ0) is 12.5. The van der Waals surface area contributed by atoms with Crippen LogP contribution < -0.4 is 5.32 Å². The molecular weight excluding hydrogens is 234 g/mol. The van der Waals surface area contributed by atoms with E-state index < -0.39 is 0 Å². The van der Waals surface area contributed by atoms with Crippen molar-refractivity contribution in [2.45, 2.75) is 38.8 Å². The first kappa shape index (κ1) is 12.4. The Morgan fingerprint density at radius 2 is 2.47 bits per heavy atom. The third-order valence-corrected chi connectivity index (χ3v) is 4.41. The molecule has 0 aliphatic carbocycles. The quantitative estimate of drug-likeness (QED) is 0.891. The summed E-state index contributed by atoms with van der Waals surface area (Å²) < 4.78 is 1.91. The predicted molar refractivity (Wildman–Crippen MR) is 71.1 cm³/mol. The Bertz CT molecular complexity index is 427. The number of aliphatic imine (C=N–C) groups is 1. The number of nitrogens with zero attached hydrogens (tertiary/aromatic N) is 4. The van der Waals surface area contributed by atoms with Crippen molar-refractivity contribution in [1.29, 1.82) is 0 Å². The Morgan fingerprint density at radius 3 is 3.00 bits per heavy atom. The number of amidine groups is 1. The molecule has 0 amide bonds. The highest BCUT2D eigenvalue weighted by Crippen LogP contribution is 2.27. The minimum atomic E-state index is 0.0386. The largest absolute Gasteiger partial charge is 0.359 e. The van der Waals surface area contributed by atoms with E-state index in [0.29, 0.717) is 0 Å². The molecule has 2 atom stereocenters. The molecule has 5 nitrogen and oxygen atoms in total.